The van der Waals surface area contributed by atoms with Gasteiger partial charge in [0.05, 0.1) is 21.1 Å². The number of carbonyl (C=O) groups excluding carboxylic acids is 1. The fraction of sp³-hybridized carbons (Fsp3) is 0.667. The molecular formula is C12H21NO4. The van der Waals surface area contributed by atoms with Gasteiger partial charge < -0.3 is 19.5 Å². The second-order valence-corrected chi connectivity index (χ2v) is 5.58. The van der Waals surface area contributed by atoms with E-state index in [4.69, 9.17) is 0 Å². The Bertz CT molecular complexity index is 341. The van der Waals surface area contributed by atoms with Crippen molar-refractivity contribution in [2.75, 3.05) is 21.1 Å². The second kappa shape index (κ2) is 4.49. The number of aliphatic carboxylic acids is 2. The third kappa shape index (κ3) is 2.20. The first-order valence-electron chi connectivity index (χ1n) is 5.32. The lowest BCUT2D eigenvalue weighted by molar-refractivity contribution is -0.922. The number of quaternary nitrogens is 1. The summed E-state index contributed by atoms with van der Waals surface area (Å²) in [6.07, 6.45) is 1.45. The fourth-order valence-corrected chi connectivity index (χ4v) is 2.37. The van der Waals surface area contributed by atoms with Gasteiger partial charge in [0.15, 0.2) is 5.54 Å². The SMILES string of the molecule is C=CCC(C(=O)[O-])(C(C)(C)C(=O)O)[N+](C)(C)C. The van der Waals surface area contributed by atoms with Crippen LogP contribution in [0.4, 0.5) is 0 Å². The molecule has 0 spiro atoms. The first-order valence-corrected chi connectivity index (χ1v) is 5.32. The van der Waals surface area contributed by atoms with E-state index in [2.05, 4.69) is 6.58 Å². The average Bonchev–Trinajstić information content (AvgIpc) is 2.10. The lowest BCUT2D eigenvalue weighted by Crippen LogP contribution is -2.73. The molecule has 0 saturated carbocycles. The number of hydrogen-bond acceptors (Lipinski definition) is 3. The van der Waals surface area contributed by atoms with Crippen LogP contribution in [0.15, 0.2) is 12.7 Å². The summed E-state index contributed by atoms with van der Waals surface area (Å²) in [5.74, 6) is -2.55. The number of carbonyl (C=O) groups is 2. The Kier molecular flexibility index (Phi) is 4.13. The highest BCUT2D eigenvalue weighted by Gasteiger charge is 2.59. The van der Waals surface area contributed by atoms with Crippen molar-refractivity contribution in [3.63, 3.8) is 0 Å². The van der Waals surface area contributed by atoms with Gasteiger partial charge >= 0.3 is 5.97 Å². The number of rotatable bonds is 6. The minimum atomic E-state index is -1.57. The minimum Gasteiger partial charge on any atom is -0.544 e. The smallest absolute Gasteiger partial charge is 0.315 e. The lowest BCUT2D eigenvalue weighted by Gasteiger charge is -2.53. The van der Waals surface area contributed by atoms with E-state index in [0.717, 1.165) is 0 Å². The van der Waals surface area contributed by atoms with Crippen molar-refractivity contribution in [2.45, 2.75) is 25.8 Å². The summed E-state index contributed by atoms with van der Waals surface area (Å²) < 4.78 is -0.0549. The molecule has 0 heterocycles. The largest absolute Gasteiger partial charge is 0.544 e. The van der Waals surface area contributed by atoms with Crippen LogP contribution >= 0.6 is 0 Å². The molecule has 5 nitrogen and oxygen atoms in total. The summed E-state index contributed by atoms with van der Waals surface area (Å²) in [6, 6.07) is 0. The summed E-state index contributed by atoms with van der Waals surface area (Å²) in [6.45, 7) is 6.32. The molecule has 0 aliphatic carbocycles. The first-order chi connectivity index (χ1) is 7.45. The summed E-state index contributed by atoms with van der Waals surface area (Å²) in [7, 11) is 4.93. The quantitative estimate of drug-likeness (QED) is 0.520. The fourth-order valence-electron chi connectivity index (χ4n) is 2.37. The van der Waals surface area contributed by atoms with E-state index in [1.807, 2.05) is 0 Å². The van der Waals surface area contributed by atoms with Gasteiger partial charge in [-0.3, -0.25) is 4.79 Å². The summed E-state index contributed by atoms with van der Waals surface area (Å²) in [4.78, 5) is 22.9. The van der Waals surface area contributed by atoms with Crippen LogP contribution in [0.5, 0.6) is 0 Å². The zero-order valence-electron chi connectivity index (χ0n) is 11.1. The van der Waals surface area contributed by atoms with Crippen molar-refractivity contribution in [2.24, 2.45) is 5.41 Å². The molecule has 0 rings (SSSR count). The average molecular weight is 243 g/mol. The normalized spacial score (nSPS) is 16.1. The Labute approximate surface area is 102 Å². The van der Waals surface area contributed by atoms with Crippen molar-refractivity contribution in [1.82, 2.24) is 0 Å². The van der Waals surface area contributed by atoms with Crippen LogP contribution < -0.4 is 5.11 Å². The molecule has 1 unspecified atom stereocenters. The third-order valence-electron chi connectivity index (χ3n) is 3.49. The summed E-state index contributed by atoms with van der Waals surface area (Å²) in [5.41, 5.74) is -3.04. The van der Waals surface area contributed by atoms with Crippen LogP contribution in [-0.4, -0.2) is 48.2 Å². The van der Waals surface area contributed by atoms with Gasteiger partial charge in [0.1, 0.15) is 11.4 Å². The molecule has 1 atom stereocenters. The molecular weight excluding hydrogens is 222 g/mol. The Morgan fingerprint density at radius 2 is 1.76 bits per heavy atom. The Morgan fingerprint density at radius 1 is 1.35 bits per heavy atom. The zero-order valence-corrected chi connectivity index (χ0v) is 11.1. The molecule has 0 radical (unpaired) electrons. The van der Waals surface area contributed by atoms with Gasteiger partial charge in [-0.05, 0) is 13.8 Å². The third-order valence-corrected chi connectivity index (χ3v) is 3.49. The van der Waals surface area contributed by atoms with Gasteiger partial charge in [-0.1, -0.05) is 6.08 Å². The van der Waals surface area contributed by atoms with Crippen molar-refractivity contribution in [3.05, 3.63) is 12.7 Å². The molecule has 5 heteroatoms. The molecule has 0 amide bonds. The second-order valence-electron chi connectivity index (χ2n) is 5.58. The van der Waals surface area contributed by atoms with E-state index in [9.17, 15) is 19.8 Å². The molecule has 0 aromatic carbocycles. The van der Waals surface area contributed by atoms with Gasteiger partial charge in [-0.2, -0.15) is 0 Å². The van der Waals surface area contributed by atoms with E-state index in [-0.39, 0.29) is 10.9 Å². The lowest BCUT2D eigenvalue weighted by atomic mass is 9.68. The van der Waals surface area contributed by atoms with E-state index in [1.54, 1.807) is 21.1 Å². The standard InChI is InChI=1S/C12H21NO4/c1-7-8-12(10(16)17,13(4,5)6)11(2,3)9(14)15/h7H,1,8H2,2-6H3,(H-,14,15,16,17). The van der Waals surface area contributed by atoms with Crippen molar-refractivity contribution >= 4 is 11.9 Å². The number of nitrogens with zero attached hydrogens (tertiary/aromatic N) is 1. The van der Waals surface area contributed by atoms with Crippen LogP contribution in [0.3, 0.4) is 0 Å². The highest BCUT2D eigenvalue weighted by molar-refractivity contribution is 5.87. The Hall–Kier alpha value is -1.36. The molecule has 1 N–H and O–H groups in total. The monoisotopic (exact) mass is 243 g/mol. The predicted octanol–water partition coefficient (Wildman–Crippen LogP) is -0.132. The molecule has 0 aliphatic rings. The van der Waals surface area contributed by atoms with Crippen LogP contribution in [0.2, 0.25) is 0 Å². The van der Waals surface area contributed by atoms with Gasteiger partial charge in [0.2, 0.25) is 0 Å². The molecule has 0 bridgehead atoms. The summed E-state index contributed by atoms with van der Waals surface area (Å²) in [5, 5.41) is 20.9. The molecule has 0 aromatic heterocycles. The van der Waals surface area contributed by atoms with Crippen molar-refractivity contribution in [3.8, 4) is 0 Å². The van der Waals surface area contributed by atoms with E-state index in [1.165, 1.54) is 19.9 Å². The van der Waals surface area contributed by atoms with Crippen molar-refractivity contribution < 1.29 is 24.3 Å². The number of carboxylic acids is 2. The van der Waals surface area contributed by atoms with Crippen LogP contribution in [0, 0.1) is 5.41 Å². The maximum Gasteiger partial charge on any atom is 0.315 e. The van der Waals surface area contributed by atoms with Gasteiger partial charge in [0, 0.05) is 6.42 Å². The zero-order chi connectivity index (χ0) is 14.1. The van der Waals surface area contributed by atoms with Crippen molar-refractivity contribution in [1.29, 1.82) is 0 Å². The van der Waals surface area contributed by atoms with E-state index in [0.29, 0.717) is 0 Å². The highest BCUT2D eigenvalue weighted by atomic mass is 16.4. The molecule has 98 valence electrons. The van der Waals surface area contributed by atoms with E-state index >= 15 is 0 Å². The number of hydrogen-bond donors (Lipinski definition) is 1. The highest BCUT2D eigenvalue weighted by Crippen LogP contribution is 2.41. The minimum absolute atomic E-state index is 0.0259. The maximum absolute atomic E-state index is 11.6. The predicted molar refractivity (Wildman–Crippen MR) is 62.0 cm³/mol. The van der Waals surface area contributed by atoms with Gasteiger partial charge in [-0.25, -0.2) is 0 Å². The Balaban J connectivity index is 6.09. The molecule has 0 saturated heterocycles. The molecule has 17 heavy (non-hydrogen) atoms. The first kappa shape index (κ1) is 15.6. The topological polar surface area (TPSA) is 77.4 Å². The van der Waals surface area contributed by atoms with Crippen LogP contribution in [0.25, 0.3) is 0 Å². The molecule has 0 aliphatic heterocycles. The summed E-state index contributed by atoms with van der Waals surface area (Å²) >= 11 is 0. The Morgan fingerprint density at radius 3 is 1.94 bits per heavy atom. The molecule has 0 fully saturated rings. The molecule has 0 aromatic rings. The van der Waals surface area contributed by atoms with Crippen LogP contribution in [-0.2, 0) is 9.59 Å². The number of likely N-dealkylation sites (N-methyl/N-ethyl adjacent to an activating group) is 1. The maximum atomic E-state index is 11.6. The number of carboxylic acid groups (broad SMARTS) is 2. The van der Waals surface area contributed by atoms with Crippen LogP contribution in [0.1, 0.15) is 20.3 Å². The van der Waals surface area contributed by atoms with E-state index < -0.39 is 22.9 Å². The van der Waals surface area contributed by atoms with Gasteiger partial charge in [-0.15, -0.1) is 6.58 Å². The van der Waals surface area contributed by atoms with Gasteiger partial charge in [0.25, 0.3) is 0 Å².